The van der Waals surface area contributed by atoms with Crippen LogP contribution in [0.25, 0.3) is 0 Å². The molecule has 1 aromatic carbocycles. The number of carboxylic acids is 1. The molecular weight excluding hydrogens is 322 g/mol. The van der Waals surface area contributed by atoms with Gasteiger partial charge < -0.3 is 5.11 Å². The third-order valence-corrected chi connectivity index (χ3v) is 6.14. The Hall–Kier alpha value is -0.920. The van der Waals surface area contributed by atoms with Crippen molar-refractivity contribution in [2.24, 2.45) is 0 Å². The molecule has 1 N–H and O–H groups in total. The molecule has 0 amide bonds. The molecule has 1 aromatic rings. The number of hydrogen-bond donors (Lipinski definition) is 1. The minimum absolute atomic E-state index is 0.0187. The molecule has 0 bridgehead atoms. The van der Waals surface area contributed by atoms with Gasteiger partial charge in [-0.15, -0.1) is 0 Å². The zero-order chi connectivity index (χ0) is 13.5. The molecule has 7 heteroatoms. The molecule has 0 aliphatic carbocycles. The number of hydrogen-bond acceptors (Lipinski definition) is 3. The monoisotopic (exact) mass is 333 g/mol. The van der Waals surface area contributed by atoms with Crippen molar-refractivity contribution < 1.29 is 18.3 Å². The van der Waals surface area contributed by atoms with E-state index >= 15 is 0 Å². The number of halogens is 1. The summed E-state index contributed by atoms with van der Waals surface area (Å²) in [5.41, 5.74) is 0.573. The summed E-state index contributed by atoms with van der Waals surface area (Å²) in [6.45, 7) is 2.65. The molecule has 0 aromatic heterocycles. The standard InChI is InChI=1S/C11H12BrNO4S/c1-7-5-8(11(14)15)6-9(10(7)12)18(16,17)13-3-2-4-13/h5-6H,2-4H2,1H3,(H,14,15). The number of sulfonamides is 1. The number of rotatable bonds is 3. The number of benzene rings is 1. The Balaban J connectivity index is 2.59. The molecule has 0 saturated carbocycles. The summed E-state index contributed by atoms with van der Waals surface area (Å²) < 4.78 is 26.3. The first-order valence-electron chi connectivity index (χ1n) is 5.37. The minimum Gasteiger partial charge on any atom is -0.478 e. The van der Waals surface area contributed by atoms with Gasteiger partial charge in [-0.2, -0.15) is 4.31 Å². The Morgan fingerprint density at radius 3 is 2.44 bits per heavy atom. The van der Waals surface area contributed by atoms with Gasteiger partial charge in [-0.1, -0.05) is 0 Å². The highest BCUT2D eigenvalue weighted by Crippen LogP contribution is 2.31. The van der Waals surface area contributed by atoms with Crippen molar-refractivity contribution in [1.82, 2.24) is 4.31 Å². The second-order valence-corrected chi connectivity index (χ2v) is 6.87. The first-order chi connectivity index (χ1) is 8.34. The lowest BCUT2D eigenvalue weighted by atomic mass is 10.1. The van der Waals surface area contributed by atoms with E-state index in [4.69, 9.17) is 5.11 Å². The van der Waals surface area contributed by atoms with Gasteiger partial charge in [-0.05, 0) is 47.0 Å². The van der Waals surface area contributed by atoms with Crippen molar-refractivity contribution >= 4 is 31.9 Å². The van der Waals surface area contributed by atoms with Crippen molar-refractivity contribution in [3.63, 3.8) is 0 Å². The van der Waals surface area contributed by atoms with Crippen LogP contribution in [0.5, 0.6) is 0 Å². The van der Waals surface area contributed by atoms with Crippen LogP contribution in [0.15, 0.2) is 21.5 Å². The van der Waals surface area contributed by atoms with Crippen LogP contribution in [0.2, 0.25) is 0 Å². The molecule has 98 valence electrons. The second-order valence-electron chi connectivity index (χ2n) is 4.17. The first kappa shape index (κ1) is 13.5. The molecule has 1 aliphatic rings. The van der Waals surface area contributed by atoms with E-state index in [9.17, 15) is 13.2 Å². The molecule has 0 radical (unpaired) electrons. The number of aromatic carboxylic acids is 1. The topological polar surface area (TPSA) is 74.7 Å². The van der Waals surface area contributed by atoms with Crippen molar-refractivity contribution in [2.45, 2.75) is 18.2 Å². The van der Waals surface area contributed by atoms with E-state index in [0.717, 1.165) is 6.42 Å². The van der Waals surface area contributed by atoms with E-state index < -0.39 is 16.0 Å². The van der Waals surface area contributed by atoms with Crippen LogP contribution >= 0.6 is 15.9 Å². The fourth-order valence-electron chi connectivity index (χ4n) is 1.72. The summed E-state index contributed by atoms with van der Waals surface area (Å²) in [5.74, 6) is -1.13. The first-order valence-corrected chi connectivity index (χ1v) is 7.61. The highest BCUT2D eigenvalue weighted by molar-refractivity contribution is 9.10. The molecule has 5 nitrogen and oxygen atoms in total. The summed E-state index contributed by atoms with van der Waals surface area (Å²) in [6.07, 6.45) is 0.842. The smallest absolute Gasteiger partial charge is 0.335 e. The molecule has 1 fully saturated rings. The molecular formula is C11H12BrNO4S. The summed E-state index contributed by atoms with van der Waals surface area (Å²) >= 11 is 3.22. The quantitative estimate of drug-likeness (QED) is 0.915. The maximum atomic E-state index is 12.3. The molecule has 1 saturated heterocycles. The van der Waals surface area contributed by atoms with Crippen LogP contribution in [0.3, 0.4) is 0 Å². The largest absolute Gasteiger partial charge is 0.478 e. The fraction of sp³-hybridized carbons (Fsp3) is 0.364. The Morgan fingerprint density at radius 1 is 1.39 bits per heavy atom. The number of nitrogens with zero attached hydrogens (tertiary/aromatic N) is 1. The van der Waals surface area contributed by atoms with Crippen LogP contribution in [0.1, 0.15) is 22.3 Å². The van der Waals surface area contributed by atoms with E-state index in [1.54, 1.807) is 6.92 Å². The summed E-state index contributed by atoms with van der Waals surface area (Å²) in [4.78, 5) is 11.0. The highest BCUT2D eigenvalue weighted by atomic mass is 79.9. The molecule has 0 unspecified atom stereocenters. The maximum Gasteiger partial charge on any atom is 0.335 e. The Labute approximate surface area is 114 Å². The summed E-state index contributed by atoms with van der Waals surface area (Å²) in [7, 11) is -3.59. The van der Waals surface area contributed by atoms with Gasteiger partial charge >= 0.3 is 5.97 Å². The van der Waals surface area contributed by atoms with Gasteiger partial charge in [0.05, 0.1) is 10.5 Å². The molecule has 0 atom stereocenters. The normalized spacial score (nSPS) is 16.3. The maximum absolute atomic E-state index is 12.3. The van der Waals surface area contributed by atoms with E-state index in [-0.39, 0.29) is 10.5 Å². The van der Waals surface area contributed by atoms with Crippen LogP contribution in [-0.2, 0) is 10.0 Å². The third-order valence-electron chi connectivity index (χ3n) is 2.90. The number of aryl methyl sites for hydroxylation is 1. The predicted molar refractivity (Wildman–Crippen MR) is 69.2 cm³/mol. The second kappa shape index (κ2) is 4.64. The number of carbonyl (C=O) groups is 1. The van der Waals surface area contributed by atoms with Gasteiger partial charge in [0, 0.05) is 17.6 Å². The Bertz CT molecular complexity index is 608. The van der Waals surface area contributed by atoms with Gasteiger partial charge in [-0.25, -0.2) is 13.2 Å². The van der Waals surface area contributed by atoms with Crippen molar-refractivity contribution in [2.75, 3.05) is 13.1 Å². The van der Waals surface area contributed by atoms with Crippen LogP contribution in [0.4, 0.5) is 0 Å². The van der Waals surface area contributed by atoms with Crippen LogP contribution in [-0.4, -0.2) is 36.9 Å². The lowest BCUT2D eigenvalue weighted by Gasteiger charge is -2.30. The zero-order valence-corrected chi connectivity index (χ0v) is 12.1. The molecule has 1 aliphatic heterocycles. The molecule has 2 rings (SSSR count). The third kappa shape index (κ3) is 2.17. The fourth-order valence-corrected chi connectivity index (χ4v) is 4.24. The van der Waals surface area contributed by atoms with Crippen LogP contribution < -0.4 is 0 Å². The average molecular weight is 334 g/mol. The number of carboxylic acid groups (broad SMARTS) is 1. The van der Waals surface area contributed by atoms with Gasteiger partial charge in [-0.3, -0.25) is 0 Å². The lowest BCUT2D eigenvalue weighted by molar-refractivity contribution is 0.0696. The zero-order valence-electron chi connectivity index (χ0n) is 9.68. The van der Waals surface area contributed by atoms with E-state index in [2.05, 4.69) is 15.9 Å². The Morgan fingerprint density at radius 2 is 2.00 bits per heavy atom. The lowest BCUT2D eigenvalue weighted by Crippen LogP contribution is -2.42. The Kier molecular flexibility index (Phi) is 3.48. The van der Waals surface area contributed by atoms with Crippen LogP contribution in [0, 0.1) is 6.92 Å². The van der Waals surface area contributed by atoms with E-state index in [0.29, 0.717) is 23.1 Å². The molecule has 0 spiro atoms. The molecule has 1 heterocycles. The van der Waals surface area contributed by atoms with Gasteiger partial charge in [0.25, 0.3) is 0 Å². The van der Waals surface area contributed by atoms with Crippen molar-refractivity contribution in [3.8, 4) is 0 Å². The highest BCUT2D eigenvalue weighted by Gasteiger charge is 2.32. The average Bonchev–Trinajstić information content (AvgIpc) is 2.17. The summed E-state index contributed by atoms with van der Waals surface area (Å²) in [5, 5.41) is 8.98. The van der Waals surface area contributed by atoms with E-state index in [1.165, 1.54) is 16.4 Å². The predicted octanol–water partition coefficient (Wildman–Crippen LogP) is 1.85. The van der Waals surface area contributed by atoms with Gasteiger partial charge in [0.15, 0.2) is 0 Å². The summed E-state index contributed by atoms with van der Waals surface area (Å²) in [6, 6.07) is 2.65. The molecule has 18 heavy (non-hydrogen) atoms. The van der Waals surface area contributed by atoms with Gasteiger partial charge in [0.1, 0.15) is 0 Å². The SMILES string of the molecule is Cc1cc(C(=O)O)cc(S(=O)(=O)N2CCC2)c1Br. The van der Waals surface area contributed by atoms with Crippen molar-refractivity contribution in [1.29, 1.82) is 0 Å². The van der Waals surface area contributed by atoms with Gasteiger partial charge in [0.2, 0.25) is 10.0 Å². The van der Waals surface area contributed by atoms with Crippen molar-refractivity contribution in [3.05, 3.63) is 27.7 Å². The minimum atomic E-state index is -3.59. The van der Waals surface area contributed by atoms with E-state index in [1.807, 2.05) is 0 Å².